The number of nitrogen functional groups attached to an aromatic ring is 1. The first-order valence-corrected chi connectivity index (χ1v) is 17.4. The lowest BCUT2D eigenvalue weighted by molar-refractivity contribution is -0.000244. The zero-order valence-corrected chi connectivity index (χ0v) is 27.8. The van der Waals surface area contributed by atoms with E-state index in [1.54, 1.807) is 0 Å². The van der Waals surface area contributed by atoms with Crippen molar-refractivity contribution in [3.63, 3.8) is 0 Å². The van der Waals surface area contributed by atoms with Crippen LogP contribution in [0.15, 0.2) is 12.1 Å². The van der Waals surface area contributed by atoms with Crippen molar-refractivity contribution >= 4 is 54.7 Å². The minimum absolute atomic E-state index is 0.0256. The summed E-state index contributed by atoms with van der Waals surface area (Å²) in [6.45, 7) is 7.24. The van der Waals surface area contributed by atoms with Gasteiger partial charge in [0.25, 0.3) is 0 Å². The van der Waals surface area contributed by atoms with E-state index in [1.807, 2.05) is 11.8 Å². The number of piperidine rings is 1. The molecule has 0 radical (unpaired) electrons. The molecule has 0 spiro atoms. The number of hydrogen-bond donors (Lipinski definition) is 2. The molecule has 4 atom stereocenters. The summed E-state index contributed by atoms with van der Waals surface area (Å²) >= 11 is 7.99. The van der Waals surface area contributed by atoms with E-state index < -0.39 is 17.2 Å². The number of rotatable bonds is 4. The van der Waals surface area contributed by atoms with Gasteiger partial charge in [-0.1, -0.05) is 24.6 Å². The number of fused-ring (bicyclic) bond motifs is 4. The van der Waals surface area contributed by atoms with E-state index >= 15 is 8.78 Å². The van der Waals surface area contributed by atoms with Crippen molar-refractivity contribution in [3.8, 4) is 29.0 Å². The summed E-state index contributed by atoms with van der Waals surface area (Å²) in [5.41, 5.74) is 5.08. The molecule has 0 saturated carbocycles. The zero-order chi connectivity index (χ0) is 32.8. The second kappa shape index (κ2) is 11.0. The second-order valence-corrected chi connectivity index (χ2v) is 15.2. The Morgan fingerprint density at radius 3 is 2.85 bits per heavy atom. The van der Waals surface area contributed by atoms with Crippen LogP contribution in [0.5, 0.6) is 11.8 Å². The van der Waals surface area contributed by atoms with E-state index in [4.69, 9.17) is 31.8 Å². The van der Waals surface area contributed by atoms with Gasteiger partial charge in [-0.05, 0) is 63.1 Å². The summed E-state index contributed by atoms with van der Waals surface area (Å²) in [6.07, 6.45) is 4.87. The molecule has 4 aromatic rings. The smallest absolute Gasteiger partial charge is 0.319 e. The lowest BCUT2D eigenvalue weighted by atomic mass is 9.84. The van der Waals surface area contributed by atoms with Crippen molar-refractivity contribution < 1.29 is 23.4 Å². The van der Waals surface area contributed by atoms with E-state index in [0.29, 0.717) is 44.1 Å². The molecule has 13 heteroatoms. The molecule has 47 heavy (non-hydrogen) atoms. The molecule has 4 aliphatic heterocycles. The molecule has 0 amide bonds. The second-order valence-electron chi connectivity index (χ2n) is 13.8. The monoisotopic (exact) mass is 680 g/mol. The number of halogens is 3. The number of benzene rings is 2. The average molecular weight is 681 g/mol. The molecule has 3 N–H and O–H groups in total. The van der Waals surface area contributed by atoms with Crippen molar-refractivity contribution in [1.29, 1.82) is 5.26 Å². The highest BCUT2D eigenvalue weighted by molar-refractivity contribution is 7.23. The fourth-order valence-electron chi connectivity index (χ4n) is 8.67. The maximum absolute atomic E-state index is 17.2. The molecule has 2 aromatic heterocycles. The molecular formula is C34H35ClF2N6O3S. The summed E-state index contributed by atoms with van der Waals surface area (Å²) in [7, 11) is 0. The Kier molecular flexibility index (Phi) is 7.22. The largest absolute Gasteiger partial charge is 0.491 e. The van der Waals surface area contributed by atoms with Gasteiger partial charge in [0.05, 0.1) is 44.5 Å². The van der Waals surface area contributed by atoms with E-state index in [9.17, 15) is 10.4 Å². The fraction of sp³-hybridized carbons (Fsp3) is 0.500. The molecule has 246 valence electrons. The third-order valence-corrected chi connectivity index (χ3v) is 12.1. The summed E-state index contributed by atoms with van der Waals surface area (Å²) in [4.78, 5) is 14.1. The molecule has 2 aromatic carbocycles. The van der Waals surface area contributed by atoms with Gasteiger partial charge >= 0.3 is 6.01 Å². The first-order valence-electron chi connectivity index (χ1n) is 16.2. The number of nitrogens with two attached hydrogens (primary N) is 1. The Bertz CT molecular complexity index is 2000. The Morgan fingerprint density at radius 1 is 1.23 bits per heavy atom. The van der Waals surface area contributed by atoms with Gasteiger partial charge < -0.3 is 25.2 Å². The molecule has 8 rings (SSSR count). The van der Waals surface area contributed by atoms with Crippen LogP contribution in [0.4, 0.5) is 19.6 Å². The van der Waals surface area contributed by atoms with Crippen molar-refractivity contribution in [3.05, 3.63) is 34.4 Å². The molecule has 0 aliphatic carbocycles. The van der Waals surface area contributed by atoms with Crippen LogP contribution < -0.4 is 20.1 Å². The quantitative estimate of drug-likeness (QED) is 0.244. The third kappa shape index (κ3) is 4.65. The van der Waals surface area contributed by atoms with E-state index in [-0.39, 0.29) is 77.7 Å². The number of aliphatic hydroxyl groups is 1. The summed E-state index contributed by atoms with van der Waals surface area (Å²) in [6, 6.07) is 4.35. The van der Waals surface area contributed by atoms with E-state index in [0.717, 1.165) is 43.7 Å². The van der Waals surface area contributed by atoms with Crippen LogP contribution in [0.2, 0.25) is 5.02 Å². The van der Waals surface area contributed by atoms with Gasteiger partial charge in [0.1, 0.15) is 34.8 Å². The molecular weight excluding hydrogens is 646 g/mol. The third-order valence-electron chi connectivity index (χ3n) is 10.7. The van der Waals surface area contributed by atoms with Crippen LogP contribution in [-0.4, -0.2) is 70.0 Å². The fourth-order valence-corrected chi connectivity index (χ4v) is 9.95. The molecule has 3 saturated heterocycles. The first kappa shape index (κ1) is 30.8. The van der Waals surface area contributed by atoms with Crippen molar-refractivity contribution in [2.75, 3.05) is 43.5 Å². The number of nitrogens with zero attached hydrogens (tertiary/aromatic N) is 5. The molecule has 4 aliphatic rings. The highest BCUT2D eigenvalue weighted by Crippen LogP contribution is 2.52. The molecule has 3 unspecified atom stereocenters. The normalized spacial score (nSPS) is 27.3. The number of anilines is 2. The Balaban J connectivity index is 1.37. The topological polar surface area (TPSA) is 121 Å². The van der Waals surface area contributed by atoms with Gasteiger partial charge in [-0.3, -0.25) is 4.90 Å². The summed E-state index contributed by atoms with van der Waals surface area (Å²) < 4.78 is 45.1. The van der Waals surface area contributed by atoms with Crippen LogP contribution in [-0.2, 0) is 0 Å². The predicted octanol–water partition coefficient (Wildman–Crippen LogP) is 6.65. The van der Waals surface area contributed by atoms with Crippen molar-refractivity contribution in [1.82, 2.24) is 14.9 Å². The summed E-state index contributed by atoms with van der Waals surface area (Å²) in [5.74, 6) is -0.231. The minimum Gasteiger partial charge on any atom is -0.491 e. The van der Waals surface area contributed by atoms with E-state index in [2.05, 4.69) is 22.9 Å². The highest BCUT2D eigenvalue weighted by atomic mass is 35.5. The average Bonchev–Trinajstić information content (AvgIpc) is 3.67. The van der Waals surface area contributed by atoms with Crippen molar-refractivity contribution in [2.45, 2.75) is 69.6 Å². The maximum atomic E-state index is 17.2. The van der Waals surface area contributed by atoms with Crippen LogP contribution in [0, 0.1) is 28.9 Å². The Labute approximate surface area is 279 Å². The number of aromatic nitrogens is 2. The molecule has 3 fully saturated rings. The van der Waals surface area contributed by atoms with Crippen molar-refractivity contribution in [2.24, 2.45) is 5.92 Å². The molecule has 9 nitrogen and oxygen atoms in total. The minimum atomic E-state index is -1.03. The highest BCUT2D eigenvalue weighted by Gasteiger charge is 2.48. The lowest BCUT2D eigenvalue weighted by Crippen LogP contribution is -2.56. The van der Waals surface area contributed by atoms with Crippen LogP contribution >= 0.6 is 22.9 Å². The molecule has 6 heterocycles. The summed E-state index contributed by atoms with van der Waals surface area (Å²) in [5, 5.41) is 22.0. The Morgan fingerprint density at radius 2 is 2.04 bits per heavy atom. The Hall–Kier alpha value is -3.50. The van der Waals surface area contributed by atoms with Gasteiger partial charge in [-0.15, -0.1) is 11.3 Å². The zero-order valence-electron chi connectivity index (χ0n) is 26.2. The standard InChI is InChI=1S/C34H35ClF2N6O3S/c1-17-13-34(9-4-10-42(34)15-17)16-46-32-40-27-24-28(45-12-7-21-33(2,44)8-3-11-43(21)31(24)41-32)25(35)23(26(27)37)18-5-6-20(36)29-22(18)19(14-38)30(39)47-29/h5-6,17,21,44H,3-4,7-13,15-16,39H2,1-2H3/t17-,21?,33?,34?/m1/s1. The number of thiophene rings is 1. The van der Waals surface area contributed by atoms with Gasteiger partial charge in [-0.25, -0.2) is 8.78 Å². The number of ether oxygens (including phenoxy) is 2. The van der Waals surface area contributed by atoms with Gasteiger partial charge in [0, 0.05) is 30.5 Å². The maximum Gasteiger partial charge on any atom is 0.319 e. The van der Waals surface area contributed by atoms with Crippen LogP contribution in [0.25, 0.3) is 32.1 Å². The van der Waals surface area contributed by atoms with Gasteiger partial charge in [-0.2, -0.15) is 15.2 Å². The number of nitriles is 1. The van der Waals surface area contributed by atoms with E-state index in [1.165, 1.54) is 12.1 Å². The molecule has 0 bridgehead atoms. The van der Waals surface area contributed by atoms with Crippen LogP contribution in [0.3, 0.4) is 0 Å². The van der Waals surface area contributed by atoms with Gasteiger partial charge in [0.15, 0.2) is 11.6 Å². The first-order chi connectivity index (χ1) is 22.5. The SMILES string of the molecule is C[C@H]1CN2CCCC2(COc2nc3c4c(c(Cl)c(-c5ccc(F)c6sc(N)c(C#N)c56)c(F)c4n2)OCCC2N3CCCC2(C)O)C1. The van der Waals surface area contributed by atoms with Crippen LogP contribution in [0.1, 0.15) is 57.9 Å². The van der Waals surface area contributed by atoms with Gasteiger partial charge in [0.2, 0.25) is 0 Å². The predicted molar refractivity (Wildman–Crippen MR) is 178 cm³/mol. The number of hydrogen-bond acceptors (Lipinski definition) is 10. The lowest BCUT2D eigenvalue weighted by Gasteiger charge is -2.47.